The van der Waals surface area contributed by atoms with Gasteiger partial charge in [-0.05, 0) is 133 Å². The van der Waals surface area contributed by atoms with Gasteiger partial charge in [0, 0.05) is 32.1 Å². The van der Waals surface area contributed by atoms with Crippen LogP contribution in [0, 0.1) is 11.8 Å². The lowest BCUT2D eigenvalue weighted by Gasteiger charge is -2.46. The van der Waals surface area contributed by atoms with E-state index >= 15 is 0 Å². The van der Waals surface area contributed by atoms with Crippen LogP contribution in [0.2, 0.25) is 0 Å². The van der Waals surface area contributed by atoms with Crippen molar-refractivity contribution in [3.8, 4) is 0 Å². The van der Waals surface area contributed by atoms with Gasteiger partial charge in [0.05, 0.1) is 92.1 Å². The molecule has 3 aliphatic rings. The van der Waals surface area contributed by atoms with Crippen molar-refractivity contribution in [3.63, 3.8) is 0 Å². The fourth-order valence-electron chi connectivity index (χ4n) is 12.1. The van der Waals surface area contributed by atoms with Crippen LogP contribution >= 0.6 is 0 Å². The van der Waals surface area contributed by atoms with Crippen LogP contribution in [-0.4, -0.2) is 256 Å². The molecule has 0 radical (unpaired) electrons. The van der Waals surface area contributed by atoms with Gasteiger partial charge in [-0.25, -0.2) is 9.78 Å². The zero-order chi connectivity index (χ0) is 70.7. The van der Waals surface area contributed by atoms with Crippen molar-refractivity contribution in [2.45, 2.75) is 321 Å². The summed E-state index contributed by atoms with van der Waals surface area (Å²) in [7, 11) is 0. The van der Waals surface area contributed by atoms with Gasteiger partial charge in [0.1, 0.15) is 66.8 Å². The molecule has 0 amide bonds. The summed E-state index contributed by atoms with van der Waals surface area (Å²) in [5, 5.41) is 203. The molecule has 0 aliphatic carbocycles. The highest BCUT2D eigenvalue weighted by Gasteiger charge is 2.51. The van der Waals surface area contributed by atoms with Gasteiger partial charge in [0.25, 0.3) is 0 Å². The Morgan fingerprint density at radius 3 is 1.77 bits per heavy atom. The van der Waals surface area contributed by atoms with E-state index in [1.807, 2.05) is 49.5 Å². The van der Waals surface area contributed by atoms with E-state index < -0.39 is 152 Å². The lowest BCUT2D eigenvalue weighted by atomic mass is 9.86. The minimum absolute atomic E-state index is 0.0462. The normalized spacial score (nSPS) is 28.3. The molecule has 19 N–H and O–H groups in total. The molecule has 24 nitrogen and oxygen atoms in total. The molecular weight excluding hydrogens is 1240 g/mol. The van der Waals surface area contributed by atoms with E-state index in [2.05, 4.69) is 25.3 Å². The van der Waals surface area contributed by atoms with E-state index in [4.69, 9.17) is 24.4 Å². The Hall–Kier alpha value is -3.33. The Balaban J connectivity index is 1.37. The number of ketones is 1. The Morgan fingerprint density at radius 1 is 0.547 bits per heavy atom. The SMILES string of the molecule is C=C/C=C/CC/C=C/C=C/C=C/CC/C=C/C1OOC2C(O)CC(C(O)C(O)C(=C)CCC(O)C3CC(O)C(O)C(C(O)C(O)/C=C(\C)CCC(O)CC(O)C(O)C(C)CC(O)C(O)CC(C)CCC(O)CC(=O)CC(O)CCCC(O)CCCCC(O)CO)O3)OC2C1O. The van der Waals surface area contributed by atoms with Gasteiger partial charge in [-0.3, -0.25) is 4.79 Å². The van der Waals surface area contributed by atoms with E-state index in [0.29, 0.717) is 69.8 Å². The van der Waals surface area contributed by atoms with Crippen LogP contribution < -0.4 is 0 Å². The number of rotatable bonds is 49. The number of fused-ring (bicyclic) bond motifs is 1. The largest absolute Gasteiger partial charge is 0.394 e. The monoisotopic (exact) mass is 1360 g/mol. The van der Waals surface area contributed by atoms with Crippen LogP contribution in [0.15, 0.2) is 97.2 Å². The topological polar surface area (TPSA) is 438 Å². The molecule has 26 atom stereocenters. The minimum Gasteiger partial charge on any atom is -0.394 e. The minimum atomic E-state index is -1.82. The molecule has 0 saturated carbocycles. The van der Waals surface area contributed by atoms with E-state index in [-0.39, 0.29) is 101 Å². The third kappa shape index (κ3) is 32.7. The first kappa shape index (κ1) is 85.9. The zero-order valence-corrected chi connectivity index (χ0v) is 56.1. The second kappa shape index (κ2) is 46.9. The van der Waals surface area contributed by atoms with E-state index in [9.17, 15) is 96.7 Å². The van der Waals surface area contributed by atoms with Crippen molar-refractivity contribution in [2.75, 3.05) is 6.61 Å². The molecular formula is C71H120O24. The highest BCUT2D eigenvalue weighted by Crippen LogP contribution is 2.35. The van der Waals surface area contributed by atoms with Crippen LogP contribution in [0.1, 0.15) is 175 Å². The average molecular weight is 1360 g/mol. The van der Waals surface area contributed by atoms with Crippen LogP contribution in [0.5, 0.6) is 0 Å². The zero-order valence-electron chi connectivity index (χ0n) is 56.1. The Kier molecular flexibility index (Phi) is 42.4. The van der Waals surface area contributed by atoms with Crippen LogP contribution in [0.3, 0.4) is 0 Å². The fraction of sp³-hybridized carbons (Fsp3) is 0.761. The van der Waals surface area contributed by atoms with Gasteiger partial charge in [-0.1, -0.05) is 118 Å². The van der Waals surface area contributed by atoms with Crippen molar-refractivity contribution in [3.05, 3.63) is 97.2 Å². The van der Waals surface area contributed by atoms with E-state index in [1.165, 1.54) is 6.08 Å². The van der Waals surface area contributed by atoms with Crippen molar-refractivity contribution in [1.82, 2.24) is 0 Å². The molecule has 3 heterocycles. The van der Waals surface area contributed by atoms with Crippen LogP contribution in [0.4, 0.5) is 0 Å². The third-order valence-electron chi connectivity index (χ3n) is 18.2. The van der Waals surface area contributed by atoms with E-state index in [0.717, 1.165) is 12.8 Å². The maximum Gasteiger partial charge on any atom is 0.148 e. The summed E-state index contributed by atoms with van der Waals surface area (Å²) < 4.78 is 11.9. The number of allylic oxidation sites excluding steroid dienone is 11. The van der Waals surface area contributed by atoms with Crippen molar-refractivity contribution >= 4 is 5.78 Å². The maximum absolute atomic E-state index is 12.5. The number of hydrogen-bond acceptors (Lipinski definition) is 24. The van der Waals surface area contributed by atoms with Gasteiger partial charge in [0.15, 0.2) is 0 Å². The highest BCUT2D eigenvalue weighted by atomic mass is 17.2. The van der Waals surface area contributed by atoms with Gasteiger partial charge < -0.3 is 106 Å². The summed E-state index contributed by atoms with van der Waals surface area (Å²) in [6.07, 6.45) is -1.97. The number of Topliss-reactive ketones (excluding diaryl/α,β-unsaturated/α-hetero) is 1. The molecule has 24 heteroatoms. The first-order chi connectivity index (χ1) is 45.1. The molecule has 0 aromatic heterocycles. The lowest BCUT2D eigenvalue weighted by molar-refractivity contribution is -0.431. The number of unbranched alkanes of at least 4 members (excludes halogenated alkanes) is 3. The highest BCUT2D eigenvalue weighted by molar-refractivity contribution is 5.79. The smallest absolute Gasteiger partial charge is 0.148 e. The Morgan fingerprint density at radius 2 is 1.13 bits per heavy atom. The number of carbonyl (C=O) groups excluding carboxylic acids is 1. The average Bonchev–Trinajstić information content (AvgIpc) is 0.790. The summed E-state index contributed by atoms with van der Waals surface area (Å²) in [6.45, 7) is 12.2. The standard InChI is InChI=1S/C71H120O24/c1-6-7-8-9-10-11-12-13-14-15-16-17-18-19-27-60-68(91)71-69(95-94-60)59(85)41-62(93-71)67(90)64(87)45(4)30-33-53(79)61-40-58(84)66(89)70(92-61)65(88)56(82)35-44(3)29-32-50(76)39-57(83)63(86)46(5)36-55(81)54(80)34-43(2)28-31-49(75)38-52(78)37-48(74)26-22-25-47(73)23-20-21-24-51(77)42-72/h6-8,11-16,19,27,35,43,46-51,53-77,79-91H,1,4,9-10,17-18,20-26,28-34,36-42H2,2-3,5H3/b8-7+,12-11+,14-13+,16-15+,27-19+,44-35+. The lowest BCUT2D eigenvalue weighted by Crippen LogP contribution is -2.63. The molecule has 3 saturated heterocycles. The molecule has 3 fully saturated rings. The quantitative estimate of drug-likeness (QED) is 0.0180. The molecule has 0 aromatic rings. The predicted octanol–water partition coefficient (Wildman–Crippen LogP) is 2.38. The summed E-state index contributed by atoms with van der Waals surface area (Å²) in [6, 6.07) is 0. The maximum atomic E-state index is 12.5. The molecule has 3 aliphatic heterocycles. The summed E-state index contributed by atoms with van der Waals surface area (Å²) in [4.78, 5) is 23.3. The molecule has 26 unspecified atom stereocenters. The van der Waals surface area contributed by atoms with Gasteiger partial charge in [0.2, 0.25) is 0 Å². The molecule has 0 bridgehead atoms. The third-order valence-corrected chi connectivity index (χ3v) is 18.2. The molecule has 0 aromatic carbocycles. The predicted molar refractivity (Wildman–Crippen MR) is 355 cm³/mol. The first-order valence-electron chi connectivity index (χ1n) is 34.4. The van der Waals surface area contributed by atoms with Gasteiger partial charge >= 0.3 is 0 Å². The molecule has 3 rings (SSSR count). The Labute approximate surface area is 561 Å². The molecule has 548 valence electrons. The number of aliphatic hydroxyl groups is 19. The number of aliphatic hydroxyl groups excluding tert-OH is 19. The summed E-state index contributed by atoms with van der Waals surface area (Å²) >= 11 is 0. The van der Waals surface area contributed by atoms with Crippen LogP contribution in [-0.2, 0) is 24.0 Å². The second-order valence-corrected chi connectivity index (χ2v) is 26.9. The summed E-state index contributed by atoms with van der Waals surface area (Å²) in [5.41, 5.74) is 0.543. The number of carbonyl (C=O) groups is 1. The second-order valence-electron chi connectivity index (χ2n) is 26.9. The first-order valence-corrected chi connectivity index (χ1v) is 34.4. The van der Waals surface area contributed by atoms with Gasteiger partial charge in [-0.2, -0.15) is 0 Å². The molecule has 0 spiro atoms. The van der Waals surface area contributed by atoms with Crippen LogP contribution in [0.25, 0.3) is 0 Å². The molecule has 95 heavy (non-hydrogen) atoms. The van der Waals surface area contributed by atoms with Crippen molar-refractivity contribution in [2.24, 2.45) is 11.8 Å². The summed E-state index contributed by atoms with van der Waals surface area (Å²) in [5.74, 6) is -1.21. The number of ether oxygens (including phenoxy) is 2. The van der Waals surface area contributed by atoms with Crippen molar-refractivity contribution < 1.29 is 121 Å². The van der Waals surface area contributed by atoms with Gasteiger partial charge in [-0.15, -0.1) is 0 Å². The fourth-order valence-corrected chi connectivity index (χ4v) is 12.1. The Bertz CT molecular complexity index is 2300. The van der Waals surface area contributed by atoms with E-state index in [1.54, 1.807) is 26.0 Å². The van der Waals surface area contributed by atoms with Crippen molar-refractivity contribution in [1.29, 1.82) is 0 Å². The number of hydrogen-bond donors (Lipinski definition) is 19.